The highest BCUT2D eigenvalue weighted by molar-refractivity contribution is 7.17. The van der Waals surface area contributed by atoms with E-state index in [4.69, 9.17) is 9.72 Å². The molecule has 1 atom stereocenters. The molecule has 0 spiro atoms. The van der Waals surface area contributed by atoms with Crippen LogP contribution in [0.2, 0.25) is 0 Å². The molecular formula is C23H28N4O3S. The number of benzene rings is 1. The molecule has 0 bridgehead atoms. The second-order valence-corrected chi connectivity index (χ2v) is 8.59. The van der Waals surface area contributed by atoms with E-state index in [1.807, 2.05) is 47.5 Å². The van der Waals surface area contributed by atoms with Gasteiger partial charge in [-0.2, -0.15) is 0 Å². The smallest absolute Gasteiger partial charge is 0.270 e. The van der Waals surface area contributed by atoms with Crippen molar-refractivity contribution in [3.8, 4) is 11.1 Å². The van der Waals surface area contributed by atoms with Gasteiger partial charge in [-0.05, 0) is 31.7 Å². The summed E-state index contributed by atoms with van der Waals surface area (Å²) in [4.78, 5) is 35.1. The number of nitrogens with zero attached hydrogens (tertiary/aromatic N) is 2. The topological polar surface area (TPSA) is 87.3 Å². The van der Waals surface area contributed by atoms with Crippen LogP contribution in [-0.4, -0.2) is 48.7 Å². The van der Waals surface area contributed by atoms with Crippen LogP contribution in [0.25, 0.3) is 21.3 Å². The Hall–Kier alpha value is -2.71. The fourth-order valence-electron chi connectivity index (χ4n) is 3.95. The van der Waals surface area contributed by atoms with E-state index in [1.54, 1.807) is 0 Å². The van der Waals surface area contributed by atoms with Gasteiger partial charge >= 0.3 is 0 Å². The van der Waals surface area contributed by atoms with Crippen molar-refractivity contribution < 1.29 is 9.53 Å². The van der Waals surface area contributed by atoms with Gasteiger partial charge in [0, 0.05) is 43.8 Å². The summed E-state index contributed by atoms with van der Waals surface area (Å²) in [6.45, 7) is 5.25. The molecule has 7 nitrogen and oxygen atoms in total. The Morgan fingerprint density at radius 3 is 3.00 bits per heavy atom. The standard InChI is InChI=1S/C23H28N4O3S/c1-2-30-13-7-11-24-21(28)17-10-6-12-27(14-17)23-25-19-18(16-8-4-3-5-9-16)15-31-20(19)22(29)26-23/h3-5,8-9,15,17H,2,6-7,10-14H2,1H3,(H,24,28)(H,25,26,29)/t17-/m1/s1. The summed E-state index contributed by atoms with van der Waals surface area (Å²) in [5.41, 5.74) is 2.60. The molecule has 3 heterocycles. The van der Waals surface area contributed by atoms with Crippen molar-refractivity contribution in [3.63, 3.8) is 0 Å². The molecule has 8 heteroatoms. The normalized spacial score (nSPS) is 16.5. The maximum Gasteiger partial charge on any atom is 0.270 e. The summed E-state index contributed by atoms with van der Waals surface area (Å²) in [7, 11) is 0. The van der Waals surface area contributed by atoms with Crippen LogP contribution in [0.15, 0.2) is 40.5 Å². The van der Waals surface area contributed by atoms with E-state index in [0.29, 0.717) is 37.0 Å². The second kappa shape index (κ2) is 10.1. The van der Waals surface area contributed by atoms with Crippen LogP contribution in [0, 0.1) is 5.92 Å². The third-order valence-electron chi connectivity index (χ3n) is 5.56. The van der Waals surface area contributed by atoms with Crippen LogP contribution in [0.1, 0.15) is 26.2 Å². The first-order chi connectivity index (χ1) is 15.2. The molecule has 2 aromatic heterocycles. The van der Waals surface area contributed by atoms with Crippen LogP contribution in [0.4, 0.5) is 5.95 Å². The third-order valence-corrected chi connectivity index (χ3v) is 6.53. The van der Waals surface area contributed by atoms with Crippen molar-refractivity contribution >= 4 is 33.4 Å². The lowest BCUT2D eigenvalue weighted by Gasteiger charge is -2.32. The van der Waals surface area contributed by atoms with Gasteiger partial charge in [0.05, 0.1) is 11.4 Å². The van der Waals surface area contributed by atoms with E-state index in [1.165, 1.54) is 11.3 Å². The molecule has 1 aliphatic heterocycles. The molecule has 1 amide bonds. The number of anilines is 1. The Labute approximate surface area is 185 Å². The van der Waals surface area contributed by atoms with Crippen LogP contribution in [-0.2, 0) is 9.53 Å². The zero-order valence-electron chi connectivity index (χ0n) is 17.7. The fourth-order valence-corrected chi connectivity index (χ4v) is 4.85. The van der Waals surface area contributed by atoms with Gasteiger partial charge < -0.3 is 15.0 Å². The van der Waals surface area contributed by atoms with Gasteiger partial charge in [-0.3, -0.25) is 14.6 Å². The van der Waals surface area contributed by atoms with Crippen molar-refractivity contribution in [3.05, 3.63) is 46.1 Å². The van der Waals surface area contributed by atoms with Gasteiger partial charge in [-0.1, -0.05) is 30.3 Å². The second-order valence-electron chi connectivity index (χ2n) is 7.71. The summed E-state index contributed by atoms with van der Waals surface area (Å²) < 4.78 is 5.94. The number of nitrogens with one attached hydrogen (secondary N) is 2. The lowest BCUT2D eigenvalue weighted by molar-refractivity contribution is -0.125. The summed E-state index contributed by atoms with van der Waals surface area (Å²) in [6, 6.07) is 9.98. The molecule has 164 valence electrons. The quantitative estimate of drug-likeness (QED) is 0.524. The molecule has 1 fully saturated rings. The summed E-state index contributed by atoms with van der Waals surface area (Å²) >= 11 is 1.41. The number of hydrogen-bond donors (Lipinski definition) is 2. The predicted octanol–water partition coefficient (Wildman–Crippen LogP) is 3.41. The molecule has 0 aliphatic carbocycles. The van der Waals surface area contributed by atoms with Gasteiger partial charge in [-0.25, -0.2) is 4.98 Å². The number of ether oxygens (including phenoxy) is 1. The van der Waals surface area contributed by atoms with Crippen LogP contribution < -0.4 is 15.8 Å². The first kappa shape index (κ1) is 21.5. The van der Waals surface area contributed by atoms with Crippen molar-refractivity contribution in [1.82, 2.24) is 15.3 Å². The Kier molecular flexibility index (Phi) is 6.99. The number of aromatic nitrogens is 2. The number of hydrogen-bond acceptors (Lipinski definition) is 6. The number of aromatic amines is 1. The van der Waals surface area contributed by atoms with Crippen molar-refractivity contribution in [2.45, 2.75) is 26.2 Å². The number of thiophene rings is 1. The fraction of sp³-hybridized carbons (Fsp3) is 0.435. The molecule has 0 radical (unpaired) electrons. The number of fused-ring (bicyclic) bond motifs is 1. The number of carbonyl (C=O) groups is 1. The number of amides is 1. The largest absolute Gasteiger partial charge is 0.382 e. The van der Waals surface area contributed by atoms with E-state index >= 15 is 0 Å². The molecule has 3 aromatic rings. The zero-order chi connectivity index (χ0) is 21.6. The molecule has 1 aromatic carbocycles. The lowest BCUT2D eigenvalue weighted by atomic mass is 9.97. The van der Waals surface area contributed by atoms with Gasteiger partial charge in [0.1, 0.15) is 4.70 Å². The van der Waals surface area contributed by atoms with E-state index in [-0.39, 0.29) is 17.4 Å². The molecule has 0 unspecified atom stereocenters. The molecule has 2 N–H and O–H groups in total. The number of H-pyrrole nitrogens is 1. The minimum absolute atomic E-state index is 0.0603. The average Bonchev–Trinajstić information content (AvgIpc) is 3.24. The highest BCUT2D eigenvalue weighted by Crippen LogP contribution is 2.32. The number of piperidine rings is 1. The molecule has 0 saturated carbocycles. The van der Waals surface area contributed by atoms with Gasteiger partial charge in [-0.15, -0.1) is 11.3 Å². The Morgan fingerprint density at radius 1 is 1.35 bits per heavy atom. The molecule has 1 aliphatic rings. The van der Waals surface area contributed by atoms with Gasteiger partial charge in [0.2, 0.25) is 11.9 Å². The summed E-state index contributed by atoms with van der Waals surface area (Å²) in [6.07, 6.45) is 2.53. The first-order valence-corrected chi connectivity index (χ1v) is 11.7. The molecule has 4 rings (SSSR count). The Morgan fingerprint density at radius 2 is 2.19 bits per heavy atom. The SMILES string of the molecule is CCOCCCNC(=O)[C@@H]1CCCN(c2nc3c(-c4ccccc4)csc3c(=O)[nH]2)C1. The third kappa shape index (κ3) is 4.97. The van der Waals surface area contributed by atoms with Crippen LogP contribution in [0.5, 0.6) is 0 Å². The first-order valence-electron chi connectivity index (χ1n) is 10.8. The Bertz CT molecular complexity index is 1080. The van der Waals surface area contributed by atoms with Crippen LogP contribution >= 0.6 is 11.3 Å². The minimum Gasteiger partial charge on any atom is -0.382 e. The number of carbonyl (C=O) groups excluding carboxylic acids is 1. The lowest BCUT2D eigenvalue weighted by Crippen LogP contribution is -2.44. The van der Waals surface area contributed by atoms with Gasteiger partial charge in [0.15, 0.2) is 0 Å². The summed E-state index contributed by atoms with van der Waals surface area (Å²) in [5.74, 6) is 0.491. The van der Waals surface area contributed by atoms with E-state index < -0.39 is 0 Å². The molecule has 31 heavy (non-hydrogen) atoms. The van der Waals surface area contributed by atoms with Crippen molar-refractivity contribution in [2.24, 2.45) is 5.92 Å². The van der Waals surface area contributed by atoms with Gasteiger partial charge in [0.25, 0.3) is 5.56 Å². The monoisotopic (exact) mass is 440 g/mol. The van der Waals surface area contributed by atoms with E-state index in [9.17, 15) is 9.59 Å². The summed E-state index contributed by atoms with van der Waals surface area (Å²) in [5, 5.41) is 5.00. The minimum atomic E-state index is -0.130. The highest BCUT2D eigenvalue weighted by Gasteiger charge is 2.27. The van der Waals surface area contributed by atoms with Crippen molar-refractivity contribution in [2.75, 3.05) is 37.7 Å². The predicted molar refractivity (Wildman–Crippen MR) is 125 cm³/mol. The highest BCUT2D eigenvalue weighted by atomic mass is 32.1. The van der Waals surface area contributed by atoms with E-state index in [0.717, 1.165) is 42.5 Å². The maximum atomic E-state index is 12.7. The molecular weight excluding hydrogens is 412 g/mol. The van der Waals surface area contributed by atoms with Crippen molar-refractivity contribution in [1.29, 1.82) is 0 Å². The zero-order valence-corrected chi connectivity index (χ0v) is 18.5. The number of rotatable bonds is 8. The van der Waals surface area contributed by atoms with Crippen LogP contribution in [0.3, 0.4) is 0 Å². The maximum absolute atomic E-state index is 12.7. The Balaban J connectivity index is 1.50. The van der Waals surface area contributed by atoms with E-state index in [2.05, 4.69) is 10.3 Å². The average molecular weight is 441 g/mol. The molecule has 1 saturated heterocycles.